The van der Waals surface area contributed by atoms with Gasteiger partial charge in [0.2, 0.25) is 0 Å². The summed E-state index contributed by atoms with van der Waals surface area (Å²) >= 11 is 0. The summed E-state index contributed by atoms with van der Waals surface area (Å²) in [6.45, 7) is 0. The smallest absolute Gasteiger partial charge is 0.00259 e. The topological polar surface area (TPSA) is 0 Å². The normalized spacial score (nSPS) is 11.7. The van der Waals surface area contributed by atoms with Crippen molar-refractivity contribution < 1.29 is 0 Å². The second-order valence-electron chi connectivity index (χ2n) is 14.5. The largest absolute Gasteiger partial charge is 0.0616 e. The van der Waals surface area contributed by atoms with Crippen molar-refractivity contribution in [1.29, 1.82) is 0 Å². The Morgan fingerprint density at radius 1 is 0.167 bits per heavy atom. The van der Waals surface area contributed by atoms with Crippen LogP contribution in [0.25, 0.3) is 109 Å². The van der Waals surface area contributed by atoms with Gasteiger partial charge in [0, 0.05) is 0 Å². The SMILES string of the molecule is c1ccc2cc(-c3ccc4c(-c5ccc(-c6ccc7c(ccc8ccccc87)c6)cc5)c5ccccc5c(-c5ccc6ccccc6c5)c4c3)ccc2c1. The predicted molar refractivity (Wildman–Crippen MR) is 233 cm³/mol. The van der Waals surface area contributed by atoms with E-state index in [0.717, 1.165) is 0 Å². The van der Waals surface area contributed by atoms with Crippen LogP contribution in [0.15, 0.2) is 206 Å². The molecule has 0 amide bonds. The van der Waals surface area contributed by atoms with Crippen molar-refractivity contribution in [3.8, 4) is 44.5 Å². The second kappa shape index (κ2) is 12.3. The average molecular weight is 683 g/mol. The van der Waals surface area contributed by atoms with Gasteiger partial charge in [0.15, 0.2) is 0 Å². The molecule has 11 aromatic carbocycles. The lowest BCUT2D eigenvalue weighted by Gasteiger charge is -2.19. The Hall–Kier alpha value is -7.02. The van der Waals surface area contributed by atoms with E-state index < -0.39 is 0 Å². The molecule has 0 fully saturated rings. The van der Waals surface area contributed by atoms with E-state index in [1.54, 1.807) is 0 Å². The van der Waals surface area contributed by atoms with Gasteiger partial charge in [-0.15, -0.1) is 0 Å². The van der Waals surface area contributed by atoms with Crippen LogP contribution in [0.4, 0.5) is 0 Å². The van der Waals surface area contributed by atoms with E-state index >= 15 is 0 Å². The van der Waals surface area contributed by atoms with Gasteiger partial charge in [0.05, 0.1) is 0 Å². The Labute approximate surface area is 314 Å². The Bertz CT molecular complexity index is 3260. The molecule has 0 bridgehead atoms. The molecule has 0 aromatic heterocycles. The Morgan fingerprint density at radius 3 is 1.24 bits per heavy atom. The highest BCUT2D eigenvalue weighted by atomic mass is 14.2. The number of hydrogen-bond donors (Lipinski definition) is 0. The zero-order chi connectivity index (χ0) is 35.6. The molecule has 0 saturated heterocycles. The van der Waals surface area contributed by atoms with Gasteiger partial charge in [-0.2, -0.15) is 0 Å². The minimum Gasteiger partial charge on any atom is -0.0616 e. The first-order valence-electron chi connectivity index (χ1n) is 18.7. The molecular formula is C54H34. The van der Waals surface area contributed by atoms with Crippen LogP contribution < -0.4 is 0 Å². The third-order valence-corrected chi connectivity index (χ3v) is 11.4. The van der Waals surface area contributed by atoms with Crippen molar-refractivity contribution in [2.45, 2.75) is 0 Å². The van der Waals surface area contributed by atoms with E-state index in [0.29, 0.717) is 0 Å². The van der Waals surface area contributed by atoms with E-state index in [2.05, 4.69) is 206 Å². The summed E-state index contributed by atoms with van der Waals surface area (Å²) in [6, 6.07) is 76.3. The van der Waals surface area contributed by atoms with Crippen LogP contribution >= 0.6 is 0 Å². The van der Waals surface area contributed by atoms with Crippen molar-refractivity contribution in [3.05, 3.63) is 206 Å². The van der Waals surface area contributed by atoms with Gasteiger partial charge < -0.3 is 0 Å². The molecule has 11 aromatic rings. The van der Waals surface area contributed by atoms with Crippen molar-refractivity contribution >= 4 is 64.6 Å². The molecule has 0 heteroatoms. The van der Waals surface area contributed by atoms with Crippen LogP contribution in [0, 0.1) is 0 Å². The first-order valence-corrected chi connectivity index (χ1v) is 18.7. The van der Waals surface area contributed by atoms with E-state index in [1.807, 2.05) is 0 Å². The monoisotopic (exact) mass is 682 g/mol. The fourth-order valence-corrected chi connectivity index (χ4v) is 8.72. The second-order valence-corrected chi connectivity index (χ2v) is 14.5. The minimum atomic E-state index is 1.22. The van der Waals surface area contributed by atoms with Gasteiger partial charge in [-0.05, 0) is 133 Å². The summed E-state index contributed by atoms with van der Waals surface area (Å²) in [6.07, 6.45) is 0. The lowest BCUT2D eigenvalue weighted by atomic mass is 9.84. The fraction of sp³-hybridized carbons (Fsp3) is 0. The molecule has 0 aliphatic carbocycles. The molecule has 0 spiro atoms. The molecular weight excluding hydrogens is 649 g/mol. The van der Waals surface area contributed by atoms with E-state index in [9.17, 15) is 0 Å². The highest BCUT2D eigenvalue weighted by molar-refractivity contribution is 6.22. The van der Waals surface area contributed by atoms with Crippen LogP contribution in [0.5, 0.6) is 0 Å². The molecule has 54 heavy (non-hydrogen) atoms. The molecule has 0 N–H and O–H groups in total. The third-order valence-electron chi connectivity index (χ3n) is 11.4. The van der Waals surface area contributed by atoms with Crippen LogP contribution in [0.2, 0.25) is 0 Å². The van der Waals surface area contributed by atoms with Crippen LogP contribution in [-0.2, 0) is 0 Å². The molecule has 250 valence electrons. The van der Waals surface area contributed by atoms with Gasteiger partial charge in [0.25, 0.3) is 0 Å². The highest BCUT2D eigenvalue weighted by Crippen LogP contribution is 2.46. The van der Waals surface area contributed by atoms with Crippen LogP contribution in [-0.4, -0.2) is 0 Å². The summed E-state index contributed by atoms with van der Waals surface area (Å²) in [5.74, 6) is 0. The molecule has 0 aliphatic heterocycles. The Kier molecular flexibility index (Phi) is 6.97. The maximum Gasteiger partial charge on any atom is -0.00259 e. The van der Waals surface area contributed by atoms with Gasteiger partial charge in [0.1, 0.15) is 0 Å². The fourth-order valence-electron chi connectivity index (χ4n) is 8.72. The van der Waals surface area contributed by atoms with Crippen molar-refractivity contribution in [3.63, 3.8) is 0 Å². The molecule has 0 atom stereocenters. The van der Waals surface area contributed by atoms with Crippen molar-refractivity contribution in [2.75, 3.05) is 0 Å². The molecule has 0 saturated carbocycles. The van der Waals surface area contributed by atoms with Crippen molar-refractivity contribution in [1.82, 2.24) is 0 Å². The van der Waals surface area contributed by atoms with Crippen LogP contribution in [0.3, 0.4) is 0 Å². The molecule has 0 heterocycles. The molecule has 0 radical (unpaired) electrons. The van der Waals surface area contributed by atoms with E-state index in [4.69, 9.17) is 0 Å². The number of benzene rings is 11. The summed E-state index contributed by atoms with van der Waals surface area (Å²) < 4.78 is 0. The first kappa shape index (κ1) is 30.6. The van der Waals surface area contributed by atoms with Gasteiger partial charge in [-0.1, -0.05) is 182 Å². The zero-order valence-corrected chi connectivity index (χ0v) is 29.6. The highest BCUT2D eigenvalue weighted by Gasteiger charge is 2.18. The third kappa shape index (κ3) is 4.99. The van der Waals surface area contributed by atoms with Gasteiger partial charge >= 0.3 is 0 Å². The molecule has 11 rings (SSSR count). The van der Waals surface area contributed by atoms with Gasteiger partial charge in [-0.3, -0.25) is 0 Å². The first-order chi connectivity index (χ1) is 26.7. The quantitative estimate of drug-likeness (QED) is 0.128. The van der Waals surface area contributed by atoms with Crippen molar-refractivity contribution in [2.24, 2.45) is 0 Å². The van der Waals surface area contributed by atoms with Gasteiger partial charge in [-0.25, -0.2) is 0 Å². The molecule has 0 nitrogen and oxygen atoms in total. The van der Waals surface area contributed by atoms with E-state index in [-0.39, 0.29) is 0 Å². The standard InChI is InChI=1S/C54H34/c1-3-12-40-31-43(24-19-35(40)9-1)44-28-30-51-52(34-44)54(46-26-20-36-10-2-4-13-41(36)33-46)50-16-8-7-15-49(50)53(51)39-22-17-37(18-23-39)42-27-29-48-45(32-42)25-21-38-11-5-6-14-47(38)48/h1-34H. The minimum absolute atomic E-state index is 1.22. The molecule has 0 aliphatic rings. The summed E-state index contributed by atoms with van der Waals surface area (Å²) in [4.78, 5) is 0. The Morgan fingerprint density at radius 2 is 0.537 bits per heavy atom. The maximum atomic E-state index is 2.42. The number of fused-ring (bicyclic) bond motifs is 7. The summed E-state index contributed by atoms with van der Waals surface area (Å²) in [7, 11) is 0. The number of rotatable bonds is 4. The zero-order valence-electron chi connectivity index (χ0n) is 29.6. The van der Waals surface area contributed by atoms with E-state index in [1.165, 1.54) is 109 Å². The van der Waals surface area contributed by atoms with Crippen LogP contribution in [0.1, 0.15) is 0 Å². The number of hydrogen-bond acceptors (Lipinski definition) is 0. The summed E-state index contributed by atoms with van der Waals surface area (Å²) in [5.41, 5.74) is 9.88. The maximum absolute atomic E-state index is 2.42. The average Bonchev–Trinajstić information content (AvgIpc) is 3.25. The predicted octanol–water partition coefficient (Wildman–Crippen LogP) is 15.3. The lowest BCUT2D eigenvalue weighted by Crippen LogP contribution is -1.92. The molecule has 0 unspecified atom stereocenters. The Balaban J connectivity index is 1.11. The lowest BCUT2D eigenvalue weighted by molar-refractivity contribution is 1.63. The summed E-state index contributed by atoms with van der Waals surface area (Å²) in [5, 5.41) is 15.2.